The second-order valence-electron chi connectivity index (χ2n) is 4.37. The Balaban J connectivity index is 2.20. The van der Waals surface area contributed by atoms with E-state index in [9.17, 15) is 9.59 Å². The average Bonchev–Trinajstić information content (AvgIpc) is 2.61. The molecular weight excluding hydrogens is 208 g/mol. The number of rotatable bonds is 4. The summed E-state index contributed by atoms with van der Waals surface area (Å²) in [6.45, 7) is 4.56. The van der Waals surface area contributed by atoms with E-state index in [1.165, 1.54) is 0 Å². The Labute approximate surface area is 95.3 Å². The van der Waals surface area contributed by atoms with Crippen molar-refractivity contribution in [1.29, 1.82) is 0 Å². The highest BCUT2D eigenvalue weighted by Gasteiger charge is 2.25. The van der Waals surface area contributed by atoms with Crippen molar-refractivity contribution in [2.45, 2.75) is 25.8 Å². The lowest BCUT2D eigenvalue weighted by Crippen LogP contribution is -2.37. The lowest BCUT2D eigenvalue weighted by atomic mass is 10.0. The Morgan fingerprint density at radius 1 is 1.56 bits per heavy atom. The number of likely N-dealkylation sites (tertiary alicyclic amines) is 1. The minimum Gasteiger partial charge on any atom is -0.351 e. The van der Waals surface area contributed by atoms with Gasteiger partial charge in [0.25, 0.3) is 0 Å². The Morgan fingerprint density at radius 2 is 2.25 bits per heavy atom. The van der Waals surface area contributed by atoms with Gasteiger partial charge in [0.2, 0.25) is 5.91 Å². The summed E-state index contributed by atoms with van der Waals surface area (Å²) in [7, 11) is 0. The molecule has 0 aromatic rings. The Morgan fingerprint density at radius 3 is 2.75 bits per heavy atom. The zero-order valence-electron chi connectivity index (χ0n) is 9.61. The number of nitrogens with two attached hydrogens (primary N) is 2. The third-order valence-corrected chi connectivity index (χ3v) is 2.97. The van der Waals surface area contributed by atoms with E-state index in [0.717, 1.165) is 19.5 Å². The maximum atomic E-state index is 11.2. The third kappa shape index (κ3) is 4.16. The number of hydrogen-bond donors (Lipinski definition) is 3. The monoisotopic (exact) mass is 228 g/mol. The van der Waals surface area contributed by atoms with Crippen LogP contribution >= 0.6 is 0 Å². The van der Waals surface area contributed by atoms with Crippen molar-refractivity contribution in [3.63, 3.8) is 0 Å². The van der Waals surface area contributed by atoms with Crippen LogP contribution in [0.15, 0.2) is 0 Å². The molecule has 1 saturated heterocycles. The van der Waals surface area contributed by atoms with Gasteiger partial charge in [-0.2, -0.15) is 0 Å². The predicted octanol–water partition coefficient (Wildman–Crippen LogP) is -0.759. The van der Waals surface area contributed by atoms with Gasteiger partial charge in [-0.1, -0.05) is 0 Å². The number of nitrogens with one attached hydrogen (secondary N) is 1. The summed E-state index contributed by atoms with van der Waals surface area (Å²) < 4.78 is 0. The van der Waals surface area contributed by atoms with Gasteiger partial charge < -0.3 is 16.4 Å². The van der Waals surface area contributed by atoms with Crippen LogP contribution < -0.4 is 16.8 Å². The molecule has 6 nitrogen and oxygen atoms in total. The number of amides is 3. The van der Waals surface area contributed by atoms with Crippen LogP contribution in [0.25, 0.3) is 0 Å². The molecule has 1 rings (SSSR count). The molecule has 0 aromatic heterocycles. The van der Waals surface area contributed by atoms with Crippen molar-refractivity contribution in [3.8, 4) is 0 Å². The van der Waals surface area contributed by atoms with Crippen molar-refractivity contribution in [3.05, 3.63) is 0 Å². The van der Waals surface area contributed by atoms with E-state index in [2.05, 4.69) is 4.90 Å². The highest BCUT2D eigenvalue weighted by molar-refractivity contribution is 5.93. The van der Waals surface area contributed by atoms with E-state index in [0.29, 0.717) is 18.9 Å². The lowest BCUT2D eigenvalue weighted by molar-refractivity contribution is -0.120. The second kappa shape index (κ2) is 5.81. The predicted molar refractivity (Wildman–Crippen MR) is 60.5 cm³/mol. The number of urea groups is 1. The molecule has 0 radical (unpaired) electrons. The largest absolute Gasteiger partial charge is 0.351 e. The van der Waals surface area contributed by atoms with Gasteiger partial charge in [0.1, 0.15) is 0 Å². The maximum Gasteiger partial charge on any atom is 0.318 e. The van der Waals surface area contributed by atoms with Crippen LogP contribution in [-0.2, 0) is 4.79 Å². The minimum absolute atomic E-state index is 0.199. The molecule has 1 aliphatic rings. The topological polar surface area (TPSA) is 101 Å². The quantitative estimate of drug-likeness (QED) is 0.588. The van der Waals surface area contributed by atoms with Gasteiger partial charge in [-0.25, -0.2) is 4.79 Å². The van der Waals surface area contributed by atoms with E-state index in [-0.39, 0.29) is 11.9 Å². The van der Waals surface area contributed by atoms with Gasteiger partial charge >= 0.3 is 6.03 Å². The van der Waals surface area contributed by atoms with Crippen LogP contribution in [0.1, 0.15) is 19.8 Å². The minimum atomic E-state index is -0.792. The van der Waals surface area contributed by atoms with Crippen LogP contribution in [0, 0.1) is 5.92 Å². The van der Waals surface area contributed by atoms with Crippen molar-refractivity contribution < 1.29 is 9.59 Å². The highest BCUT2D eigenvalue weighted by Crippen LogP contribution is 2.18. The van der Waals surface area contributed by atoms with E-state index in [1.807, 2.05) is 12.2 Å². The molecule has 1 fully saturated rings. The summed E-state index contributed by atoms with van der Waals surface area (Å²) in [5.41, 5.74) is 10.7. The van der Waals surface area contributed by atoms with Crippen LogP contribution in [0.5, 0.6) is 0 Å². The SMILES string of the molecule is CC(N)C1CCN(CCC(=O)NC(N)=O)C1. The molecule has 0 saturated carbocycles. The number of hydrogen-bond acceptors (Lipinski definition) is 4. The molecule has 92 valence electrons. The third-order valence-electron chi connectivity index (χ3n) is 2.97. The summed E-state index contributed by atoms with van der Waals surface area (Å²) in [5, 5.41) is 2.05. The second-order valence-corrected chi connectivity index (χ2v) is 4.37. The average molecular weight is 228 g/mol. The summed E-state index contributed by atoms with van der Waals surface area (Å²) in [4.78, 5) is 23.8. The molecule has 0 aromatic carbocycles. The molecule has 2 unspecified atom stereocenters. The van der Waals surface area contributed by atoms with E-state index >= 15 is 0 Å². The Bertz CT molecular complexity index is 268. The molecule has 1 heterocycles. The maximum absolute atomic E-state index is 11.2. The molecule has 5 N–H and O–H groups in total. The Kier molecular flexibility index (Phi) is 4.70. The lowest BCUT2D eigenvalue weighted by Gasteiger charge is -2.17. The molecule has 1 aliphatic heterocycles. The van der Waals surface area contributed by atoms with Gasteiger partial charge in [0.05, 0.1) is 0 Å². The number of nitrogens with zero attached hydrogens (tertiary/aromatic N) is 1. The standard InChI is InChI=1S/C10H20N4O2/c1-7(11)8-2-4-14(6-8)5-3-9(15)13-10(12)16/h7-8H,2-6,11H2,1H3,(H3,12,13,15,16). The van der Waals surface area contributed by atoms with Crippen LogP contribution in [0.3, 0.4) is 0 Å². The highest BCUT2D eigenvalue weighted by atomic mass is 16.2. The van der Waals surface area contributed by atoms with Crippen LogP contribution in [0.2, 0.25) is 0 Å². The smallest absolute Gasteiger partial charge is 0.318 e. The van der Waals surface area contributed by atoms with E-state index < -0.39 is 6.03 Å². The Hall–Kier alpha value is -1.14. The number of imide groups is 1. The fourth-order valence-corrected chi connectivity index (χ4v) is 1.95. The molecule has 6 heteroatoms. The molecule has 0 spiro atoms. The molecule has 0 aliphatic carbocycles. The fourth-order valence-electron chi connectivity index (χ4n) is 1.95. The van der Waals surface area contributed by atoms with Crippen molar-refractivity contribution in [2.24, 2.45) is 17.4 Å². The zero-order valence-corrected chi connectivity index (χ0v) is 9.61. The number of carbonyl (C=O) groups excluding carboxylic acids is 2. The number of carbonyl (C=O) groups is 2. The first kappa shape index (κ1) is 12.9. The zero-order chi connectivity index (χ0) is 12.1. The summed E-state index contributed by atoms with van der Waals surface area (Å²) in [6.07, 6.45) is 1.38. The van der Waals surface area contributed by atoms with Gasteiger partial charge in [0, 0.05) is 25.6 Å². The summed E-state index contributed by atoms with van der Waals surface area (Å²) >= 11 is 0. The van der Waals surface area contributed by atoms with Crippen LogP contribution in [-0.4, -0.2) is 42.5 Å². The summed E-state index contributed by atoms with van der Waals surface area (Å²) in [5.74, 6) is 0.191. The van der Waals surface area contributed by atoms with E-state index in [1.54, 1.807) is 0 Å². The molecule has 16 heavy (non-hydrogen) atoms. The first-order valence-electron chi connectivity index (χ1n) is 5.56. The van der Waals surface area contributed by atoms with Crippen LogP contribution in [0.4, 0.5) is 4.79 Å². The van der Waals surface area contributed by atoms with Crippen molar-refractivity contribution in [1.82, 2.24) is 10.2 Å². The van der Waals surface area contributed by atoms with Gasteiger partial charge in [-0.15, -0.1) is 0 Å². The van der Waals surface area contributed by atoms with Gasteiger partial charge in [-0.3, -0.25) is 10.1 Å². The fraction of sp³-hybridized carbons (Fsp3) is 0.800. The first-order valence-corrected chi connectivity index (χ1v) is 5.56. The molecule has 3 amide bonds. The normalized spacial score (nSPS) is 23.0. The molecule has 0 bridgehead atoms. The van der Waals surface area contributed by atoms with Crippen molar-refractivity contribution >= 4 is 11.9 Å². The summed E-state index contributed by atoms with van der Waals surface area (Å²) in [6, 6.07) is -0.593. The molecule has 2 atom stereocenters. The van der Waals surface area contributed by atoms with Crippen molar-refractivity contribution in [2.75, 3.05) is 19.6 Å². The number of primary amides is 1. The van der Waals surface area contributed by atoms with Gasteiger partial charge in [0.15, 0.2) is 0 Å². The first-order chi connectivity index (χ1) is 7.49. The molecular formula is C10H20N4O2. The van der Waals surface area contributed by atoms with E-state index in [4.69, 9.17) is 11.5 Å². The van der Waals surface area contributed by atoms with Gasteiger partial charge in [-0.05, 0) is 25.8 Å².